The first-order valence-corrected chi connectivity index (χ1v) is 10.8. The van der Waals surface area contributed by atoms with Crippen molar-refractivity contribution in [2.24, 2.45) is 0 Å². The number of para-hydroxylation sites is 1. The van der Waals surface area contributed by atoms with Gasteiger partial charge in [-0.05, 0) is 48.5 Å². The average molecular weight is 476 g/mol. The van der Waals surface area contributed by atoms with Crippen molar-refractivity contribution in [1.82, 2.24) is 9.97 Å². The summed E-state index contributed by atoms with van der Waals surface area (Å²) in [5.74, 6) is -0.807. The Morgan fingerprint density at radius 2 is 1.61 bits per heavy atom. The predicted molar refractivity (Wildman–Crippen MR) is 116 cm³/mol. The van der Waals surface area contributed by atoms with Crippen molar-refractivity contribution < 1.29 is 26.4 Å². The fraction of sp³-hybridized carbons (Fsp3) is 0.0476. The van der Waals surface area contributed by atoms with Crippen molar-refractivity contribution in [3.63, 3.8) is 0 Å². The largest absolute Gasteiger partial charge is 0.416 e. The standard InChI is InChI=1S/C21H15F3N4O4S/c22-21(23,24)12-4-3-5-13(10-12)25-19(29)15-6-1-2-7-16(15)28-33(31,32)14-8-9-17-18(11-14)27-20(30)26-17/h1-11,28H,(H,25,29)(H2,26,27,30). The smallest absolute Gasteiger partial charge is 0.322 e. The van der Waals surface area contributed by atoms with E-state index in [1.54, 1.807) is 0 Å². The Bertz CT molecular complexity index is 1520. The second-order valence-corrected chi connectivity index (χ2v) is 8.65. The highest BCUT2D eigenvalue weighted by atomic mass is 32.2. The van der Waals surface area contributed by atoms with E-state index in [1.165, 1.54) is 48.5 Å². The number of sulfonamides is 1. The van der Waals surface area contributed by atoms with Crippen LogP contribution in [0.4, 0.5) is 24.5 Å². The minimum atomic E-state index is -4.58. The molecule has 4 aromatic rings. The number of hydrogen-bond donors (Lipinski definition) is 4. The Morgan fingerprint density at radius 1 is 0.879 bits per heavy atom. The Morgan fingerprint density at radius 3 is 2.36 bits per heavy atom. The molecule has 4 rings (SSSR count). The van der Waals surface area contributed by atoms with E-state index in [1.807, 2.05) is 0 Å². The molecule has 0 radical (unpaired) electrons. The number of halogens is 3. The molecule has 0 bridgehead atoms. The second-order valence-electron chi connectivity index (χ2n) is 6.97. The molecule has 4 N–H and O–H groups in total. The van der Waals surface area contributed by atoms with Gasteiger partial charge in [-0.2, -0.15) is 13.2 Å². The van der Waals surface area contributed by atoms with Gasteiger partial charge >= 0.3 is 11.9 Å². The van der Waals surface area contributed by atoms with Gasteiger partial charge in [0.1, 0.15) is 0 Å². The van der Waals surface area contributed by atoms with Gasteiger partial charge in [-0.15, -0.1) is 0 Å². The first-order chi connectivity index (χ1) is 15.5. The lowest BCUT2D eigenvalue weighted by Gasteiger charge is -2.14. The summed E-state index contributed by atoms with van der Waals surface area (Å²) in [5.41, 5.74) is -1.02. The van der Waals surface area contributed by atoms with Crippen molar-refractivity contribution in [3.8, 4) is 0 Å². The number of anilines is 2. The quantitative estimate of drug-likeness (QED) is 0.348. The lowest BCUT2D eigenvalue weighted by molar-refractivity contribution is -0.137. The number of rotatable bonds is 5. The zero-order valence-electron chi connectivity index (χ0n) is 16.5. The number of carbonyl (C=O) groups is 1. The highest BCUT2D eigenvalue weighted by Gasteiger charge is 2.30. The third-order valence-corrected chi connectivity index (χ3v) is 6.02. The van der Waals surface area contributed by atoms with E-state index < -0.39 is 33.4 Å². The van der Waals surface area contributed by atoms with Crippen molar-refractivity contribution in [1.29, 1.82) is 0 Å². The summed E-state index contributed by atoms with van der Waals surface area (Å²) in [4.78, 5) is 28.9. The molecular formula is C21H15F3N4O4S. The number of aromatic nitrogens is 2. The van der Waals surface area contributed by atoms with Crippen LogP contribution in [-0.4, -0.2) is 24.3 Å². The van der Waals surface area contributed by atoms with Crippen LogP contribution in [0.25, 0.3) is 11.0 Å². The zero-order chi connectivity index (χ0) is 23.8. The van der Waals surface area contributed by atoms with Crippen LogP contribution >= 0.6 is 0 Å². The summed E-state index contributed by atoms with van der Waals surface area (Å²) in [6, 6.07) is 13.7. The lowest BCUT2D eigenvalue weighted by Crippen LogP contribution is -2.19. The van der Waals surface area contributed by atoms with Gasteiger partial charge in [0.2, 0.25) is 0 Å². The maximum Gasteiger partial charge on any atom is 0.416 e. The first kappa shape index (κ1) is 22.1. The minimum absolute atomic E-state index is 0.0790. The summed E-state index contributed by atoms with van der Waals surface area (Å²) < 4.78 is 66.8. The fourth-order valence-corrected chi connectivity index (χ4v) is 4.23. The van der Waals surface area contributed by atoms with E-state index in [-0.39, 0.29) is 27.4 Å². The van der Waals surface area contributed by atoms with E-state index in [0.717, 1.165) is 18.2 Å². The molecule has 0 aliphatic carbocycles. The Labute approximate surface area is 184 Å². The molecule has 0 aliphatic heterocycles. The number of fused-ring (bicyclic) bond motifs is 1. The van der Waals surface area contributed by atoms with E-state index in [0.29, 0.717) is 5.52 Å². The van der Waals surface area contributed by atoms with Gasteiger partial charge in [-0.25, -0.2) is 13.2 Å². The number of imidazole rings is 1. The van der Waals surface area contributed by atoms with Crippen LogP contribution in [-0.2, 0) is 16.2 Å². The molecule has 8 nitrogen and oxygen atoms in total. The monoisotopic (exact) mass is 476 g/mol. The van der Waals surface area contributed by atoms with Gasteiger partial charge in [0.25, 0.3) is 15.9 Å². The molecule has 0 atom stereocenters. The second kappa shape index (κ2) is 8.13. The van der Waals surface area contributed by atoms with Crippen molar-refractivity contribution in [3.05, 3.63) is 88.3 Å². The van der Waals surface area contributed by atoms with Gasteiger partial charge in [-0.3, -0.25) is 9.52 Å². The van der Waals surface area contributed by atoms with Gasteiger partial charge in [-0.1, -0.05) is 18.2 Å². The Balaban J connectivity index is 1.61. The molecule has 0 aliphatic rings. The van der Waals surface area contributed by atoms with Gasteiger partial charge in [0.05, 0.1) is 32.7 Å². The fourth-order valence-electron chi connectivity index (χ4n) is 3.12. The SMILES string of the molecule is O=C(Nc1cccc(C(F)(F)F)c1)c1ccccc1NS(=O)(=O)c1ccc2[nH]c(=O)[nH]c2c1. The normalized spacial score (nSPS) is 12.0. The highest BCUT2D eigenvalue weighted by Crippen LogP contribution is 2.31. The van der Waals surface area contributed by atoms with E-state index >= 15 is 0 Å². The molecule has 12 heteroatoms. The molecule has 1 aromatic heterocycles. The topological polar surface area (TPSA) is 124 Å². The third-order valence-electron chi connectivity index (χ3n) is 4.66. The number of nitrogens with one attached hydrogen (secondary N) is 4. The average Bonchev–Trinajstić information content (AvgIpc) is 3.12. The summed E-state index contributed by atoms with van der Waals surface area (Å²) in [5, 5.41) is 2.35. The van der Waals surface area contributed by atoms with Gasteiger partial charge in [0, 0.05) is 5.69 Å². The van der Waals surface area contributed by atoms with Crippen LogP contribution in [0.3, 0.4) is 0 Å². The molecule has 3 aromatic carbocycles. The number of benzene rings is 3. The van der Waals surface area contributed by atoms with Crippen LogP contribution in [0.15, 0.2) is 76.4 Å². The van der Waals surface area contributed by atoms with Crippen molar-refractivity contribution >= 4 is 38.3 Å². The lowest BCUT2D eigenvalue weighted by atomic mass is 10.1. The number of hydrogen-bond acceptors (Lipinski definition) is 4. The summed E-state index contributed by atoms with van der Waals surface area (Å²) >= 11 is 0. The molecule has 0 spiro atoms. The Kier molecular flexibility index (Phi) is 5.46. The molecule has 33 heavy (non-hydrogen) atoms. The Hall–Kier alpha value is -4.06. The van der Waals surface area contributed by atoms with Crippen molar-refractivity contribution in [2.75, 3.05) is 10.0 Å². The van der Waals surface area contributed by atoms with Crippen LogP contribution < -0.4 is 15.7 Å². The number of amides is 1. The molecule has 0 fully saturated rings. The third kappa shape index (κ3) is 4.75. The van der Waals surface area contributed by atoms with E-state index in [9.17, 15) is 31.2 Å². The summed E-state index contributed by atoms with van der Waals surface area (Å²) in [7, 11) is -4.17. The summed E-state index contributed by atoms with van der Waals surface area (Å²) in [6.45, 7) is 0. The summed E-state index contributed by atoms with van der Waals surface area (Å²) in [6.07, 6.45) is -4.58. The van der Waals surface area contributed by atoms with E-state index in [4.69, 9.17) is 0 Å². The van der Waals surface area contributed by atoms with Crippen molar-refractivity contribution in [2.45, 2.75) is 11.1 Å². The number of aromatic amines is 2. The molecule has 0 saturated heterocycles. The highest BCUT2D eigenvalue weighted by molar-refractivity contribution is 7.92. The van der Waals surface area contributed by atoms with Crippen LogP contribution in [0, 0.1) is 0 Å². The minimum Gasteiger partial charge on any atom is -0.322 e. The van der Waals surface area contributed by atoms with Crippen LogP contribution in [0.2, 0.25) is 0 Å². The zero-order valence-corrected chi connectivity index (χ0v) is 17.3. The maximum atomic E-state index is 12.9. The molecule has 170 valence electrons. The molecule has 0 unspecified atom stereocenters. The molecular weight excluding hydrogens is 461 g/mol. The number of H-pyrrole nitrogens is 2. The first-order valence-electron chi connectivity index (χ1n) is 9.35. The van der Waals surface area contributed by atoms with E-state index in [2.05, 4.69) is 20.0 Å². The molecule has 1 amide bonds. The predicted octanol–water partition coefficient (Wildman–Crippen LogP) is 3.93. The number of carbonyl (C=O) groups excluding carboxylic acids is 1. The maximum absolute atomic E-state index is 12.9. The van der Waals surface area contributed by atoms with Crippen LogP contribution in [0.5, 0.6) is 0 Å². The van der Waals surface area contributed by atoms with Gasteiger partial charge < -0.3 is 15.3 Å². The van der Waals surface area contributed by atoms with Crippen LogP contribution in [0.1, 0.15) is 15.9 Å². The molecule has 0 saturated carbocycles. The van der Waals surface area contributed by atoms with Gasteiger partial charge in [0.15, 0.2) is 0 Å². The number of alkyl halides is 3. The molecule has 1 heterocycles.